The molecule has 1 aromatic carbocycles. The number of methoxy groups -OCH3 is 1. The van der Waals surface area contributed by atoms with Crippen molar-refractivity contribution >= 4 is 15.5 Å². The maximum atomic E-state index is 13.0. The van der Waals surface area contributed by atoms with Crippen LogP contribution in [0, 0.1) is 5.82 Å². The monoisotopic (exact) mass is 261 g/mol. The van der Waals surface area contributed by atoms with Crippen LogP contribution < -0.4 is 5.73 Å². The molecule has 0 radical (unpaired) electrons. The van der Waals surface area contributed by atoms with Gasteiger partial charge in [0.1, 0.15) is 5.82 Å². The van der Waals surface area contributed by atoms with Gasteiger partial charge in [-0.05, 0) is 31.0 Å². The molecule has 6 heteroatoms. The van der Waals surface area contributed by atoms with Crippen LogP contribution in [0.2, 0.25) is 0 Å². The molecular formula is C11H16FNO3S. The van der Waals surface area contributed by atoms with Crippen molar-refractivity contribution in [1.29, 1.82) is 0 Å². The molecule has 0 aliphatic carbocycles. The summed E-state index contributed by atoms with van der Waals surface area (Å²) in [5.74, 6) is -0.654. The van der Waals surface area contributed by atoms with E-state index >= 15 is 0 Å². The van der Waals surface area contributed by atoms with Gasteiger partial charge in [0.05, 0.1) is 16.3 Å². The van der Waals surface area contributed by atoms with Gasteiger partial charge in [-0.2, -0.15) is 0 Å². The lowest BCUT2D eigenvalue weighted by atomic mass is 10.3. The van der Waals surface area contributed by atoms with Gasteiger partial charge in [-0.15, -0.1) is 0 Å². The fraction of sp³-hybridized carbons (Fsp3) is 0.455. The van der Waals surface area contributed by atoms with Crippen LogP contribution in [-0.4, -0.2) is 27.9 Å². The molecule has 0 heterocycles. The van der Waals surface area contributed by atoms with Crippen molar-refractivity contribution in [2.24, 2.45) is 0 Å². The topological polar surface area (TPSA) is 69.4 Å². The van der Waals surface area contributed by atoms with E-state index in [0.29, 0.717) is 19.4 Å². The van der Waals surface area contributed by atoms with E-state index in [4.69, 9.17) is 10.5 Å². The first kappa shape index (κ1) is 13.9. The van der Waals surface area contributed by atoms with Gasteiger partial charge in [0.15, 0.2) is 9.84 Å². The van der Waals surface area contributed by atoms with Crippen LogP contribution in [0.1, 0.15) is 12.8 Å². The van der Waals surface area contributed by atoms with Crippen LogP contribution in [0.25, 0.3) is 0 Å². The van der Waals surface area contributed by atoms with E-state index in [1.54, 1.807) is 7.11 Å². The van der Waals surface area contributed by atoms with Crippen molar-refractivity contribution in [2.75, 3.05) is 25.2 Å². The van der Waals surface area contributed by atoms with E-state index in [-0.39, 0.29) is 16.3 Å². The Labute approximate surface area is 101 Å². The Morgan fingerprint density at radius 2 is 2.06 bits per heavy atom. The summed E-state index contributed by atoms with van der Waals surface area (Å²) in [7, 11) is -1.96. The minimum Gasteiger partial charge on any atom is -0.398 e. The average Bonchev–Trinajstić information content (AvgIpc) is 2.28. The van der Waals surface area contributed by atoms with Gasteiger partial charge in [-0.1, -0.05) is 0 Å². The first-order valence-corrected chi connectivity index (χ1v) is 6.89. The minimum atomic E-state index is -3.51. The molecule has 4 nitrogen and oxygen atoms in total. The van der Waals surface area contributed by atoms with Gasteiger partial charge in [-0.25, -0.2) is 12.8 Å². The Morgan fingerprint density at radius 3 is 2.71 bits per heavy atom. The highest BCUT2D eigenvalue weighted by molar-refractivity contribution is 7.91. The van der Waals surface area contributed by atoms with E-state index in [1.165, 1.54) is 6.07 Å². The molecule has 0 fully saturated rings. The molecule has 0 saturated heterocycles. The molecule has 0 atom stereocenters. The van der Waals surface area contributed by atoms with Crippen LogP contribution in [0.4, 0.5) is 10.1 Å². The Bertz CT molecular complexity index is 474. The second kappa shape index (κ2) is 5.97. The third-order valence-corrected chi connectivity index (χ3v) is 4.17. The molecule has 1 aromatic rings. The van der Waals surface area contributed by atoms with E-state index < -0.39 is 15.7 Å². The summed E-state index contributed by atoms with van der Waals surface area (Å²) in [6.45, 7) is 0.508. The zero-order valence-corrected chi connectivity index (χ0v) is 10.5. The summed E-state index contributed by atoms with van der Waals surface area (Å²) < 4.78 is 41.6. The zero-order chi connectivity index (χ0) is 12.9. The average molecular weight is 261 g/mol. The Kier molecular flexibility index (Phi) is 4.89. The highest BCUT2D eigenvalue weighted by Gasteiger charge is 2.17. The number of ether oxygens (including phenoxy) is 1. The second-order valence-electron chi connectivity index (χ2n) is 3.70. The first-order chi connectivity index (χ1) is 7.97. The standard InChI is InChI=1S/C11H16FNO3S/c1-16-6-2-3-7-17(14,15)11-8-9(12)4-5-10(11)13/h4-5,8H,2-3,6-7,13H2,1H3. The first-order valence-electron chi connectivity index (χ1n) is 5.24. The lowest BCUT2D eigenvalue weighted by Crippen LogP contribution is -2.10. The summed E-state index contributed by atoms with van der Waals surface area (Å²) >= 11 is 0. The maximum absolute atomic E-state index is 13.0. The van der Waals surface area contributed by atoms with Gasteiger partial charge in [0.25, 0.3) is 0 Å². The van der Waals surface area contributed by atoms with E-state index in [9.17, 15) is 12.8 Å². The summed E-state index contributed by atoms with van der Waals surface area (Å²) in [5, 5.41) is 0. The lowest BCUT2D eigenvalue weighted by molar-refractivity contribution is 0.194. The number of rotatable bonds is 6. The number of anilines is 1. The molecule has 0 aromatic heterocycles. The summed E-state index contributed by atoms with van der Waals surface area (Å²) in [5.41, 5.74) is 5.62. The molecule has 0 aliphatic heterocycles. The smallest absolute Gasteiger partial charge is 0.180 e. The van der Waals surface area contributed by atoms with Gasteiger partial charge in [0.2, 0.25) is 0 Å². The molecule has 2 N–H and O–H groups in total. The number of hydrogen-bond acceptors (Lipinski definition) is 4. The predicted octanol–water partition coefficient (Wildman–Crippen LogP) is 1.61. The number of hydrogen-bond donors (Lipinski definition) is 1. The third kappa shape index (κ3) is 3.98. The van der Waals surface area contributed by atoms with Crippen molar-refractivity contribution in [1.82, 2.24) is 0 Å². The summed E-state index contributed by atoms with van der Waals surface area (Å²) in [6.07, 6.45) is 1.11. The van der Waals surface area contributed by atoms with Crippen molar-refractivity contribution in [3.63, 3.8) is 0 Å². The number of sulfone groups is 1. The summed E-state index contributed by atoms with van der Waals surface area (Å²) in [4.78, 5) is -0.130. The Hall–Kier alpha value is -1.14. The van der Waals surface area contributed by atoms with Crippen molar-refractivity contribution < 1.29 is 17.5 Å². The van der Waals surface area contributed by atoms with Crippen LogP contribution in [0.15, 0.2) is 23.1 Å². The number of halogens is 1. The van der Waals surface area contributed by atoms with Gasteiger partial charge in [0, 0.05) is 13.7 Å². The van der Waals surface area contributed by atoms with Gasteiger partial charge >= 0.3 is 0 Å². The minimum absolute atomic E-state index is 0.0516. The van der Waals surface area contributed by atoms with Gasteiger partial charge < -0.3 is 10.5 Å². The molecule has 96 valence electrons. The SMILES string of the molecule is COCCCCS(=O)(=O)c1cc(F)ccc1N. The van der Waals surface area contributed by atoms with Crippen LogP contribution in [0.3, 0.4) is 0 Å². The van der Waals surface area contributed by atoms with Crippen molar-refractivity contribution in [3.05, 3.63) is 24.0 Å². The highest BCUT2D eigenvalue weighted by atomic mass is 32.2. The number of unbranched alkanes of at least 4 members (excludes halogenated alkanes) is 1. The molecule has 17 heavy (non-hydrogen) atoms. The van der Waals surface area contributed by atoms with E-state index in [0.717, 1.165) is 12.1 Å². The molecule has 0 bridgehead atoms. The Morgan fingerprint density at radius 1 is 1.35 bits per heavy atom. The maximum Gasteiger partial charge on any atom is 0.180 e. The number of nitrogens with two attached hydrogens (primary N) is 1. The number of benzene rings is 1. The van der Waals surface area contributed by atoms with Crippen LogP contribution in [0.5, 0.6) is 0 Å². The molecule has 1 rings (SSSR count). The Balaban J connectivity index is 2.79. The fourth-order valence-electron chi connectivity index (χ4n) is 1.43. The largest absolute Gasteiger partial charge is 0.398 e. The fourth-order valence-corrected chi connectivity index (χ4v) is 2.95. The van der Waals surface area contributed by atoms with E-state index in [2.05, 4.69) is 0 Å². The van der Waals surface area contributed by atoms with Crippen LogP contribution in [-0.2, 0) is 14.6 Å². The lowest BCUT2D eigenvalue weighted by Gasteiger charge is -2.07. The third-order valence-electron chi connectivity index (χ3n) is 2.32. The quantitative estimate of drug-likeness (QED) is 0.624. The molecule has 0 amide bonds. The second-order valence-corrected chi connectivity index (χ2v) is 5.78. The number of nitrogen functional groups attached to an aromatic ring is 1. The molecular weight excluding hydrogens is 245 g/mol. The molecule has 0 saturated carbocycles. The summed E-state index contributed by atoms with van der Waals surface area (Å²) in [6, 6.07) is 3.36. The molecule has 0 unspecified atom stereocenters. The normalized spacial score (nSPS) is 11.6. The van der Waals surface area contributed by atoms with E-state index in [1.807, 2.05) is 0 Å². The van der Waals surface area contributed by atoms with Crippen molar-refractivity contribution in [3.8, 4) is 0 Å². The highest BCUT2D eigenvalue weighted by Crippen LogP contribution is 2.21. The zero-order valence-electron chi connectivity index (χ0n) is 9.65. The van der Waals surface area contributed by atoms with Crippen LogP contribution >= 0.6 is 0 Å². The molecule has 0 aliphatic rings. The van der Waals surface area contributed by atoms with Gasteiger partial charge in [-0.3, -0.25) is 0 Å². The predicted molar refractivity (Wildman–Crippen MR) is 64.0 cm³/mol. The molecule has 0 spiro atoms. The van der Waals surface area contributed by atoms with Crippen molar-refractivity contribution in [2.45, 2.75) is 17.7 Å².